The van der Waals surface area contributed by atoms with Gasteiger partial charge in [0.15, 0.2) is 0 Å². The van der Waals surface area contributed by atoms with Crippen molar-refractivity contribution in [2.45, 2.75) is 43.7 Å². The van der Waals surface area contributed by atoms with Crippen LogP contribution in [0, 0.1) is 12.7 Å². The van der Waals surface area contributed by atoms with Crippen LogP contribution in [0.4, 0.5) is 4.39 Å². The molecule has 0 radical (unpaired) electrons. The molecule has 1 aromatic heterocycles. The highest BCUT2D eigenvalue weighted by molar-refractivity contribution is 7.89. The van der Waals surface area contributed by atoms with E-state index in [1.807, 2.05) is 4.57 Å². The maximum absolute atomic E-state index is 14.2. The Morgan fingerprint density at radius 3 is 2.85 bits per heavy atom. The van der Waals surface area contributed by atoms with E-state index in [2.05, 4.69) is 15.5 Å². The van der Waals surface area contributed by atoms with E-state index in [1.54, 1.807) is 13.0 Å². The van der Waals surface area contributed by atoms with Gasteiger partial charge < -0.3 is 9.88 Å². The van der Waals surface area contributed by atoms with Crippen LogP contribution in [0.3, 0.4) is 0 Å². The minimum Gasteiger partial charge on any atom is -0.312 e. The smallest absolute Gasteiger partial charge is 0.246 e. The quantitative estimate of drug-likeness (QED) is 0.872. The lowest BCUT2D eigenvalue weighted by Gasteiger charge is -2.20. The largest absolute Gasteiger partial charge is 0.312 e. The number of nitrogens with zero attached hydrogens (tertiary/aromatic N) is 4. The summed E-state index contributed by atoms with van der Waals surface area (Å²) in [6, 6.07) is 4.34. The molecule has 0 amide bonds. The molecule has 7 nitrogen and oxygen atoms in total. The Kier molecular flexibility index (Phi) is 4.54. The summed E-state index contributed by atoms with van der Waals surface area (Å²) >= 11 is 0. The number of halogens is 1. The molecule has 2 aliphatic heterocycles. The molecule has 0 bridgehead atoms. The average molecular weight is 379 g/mol. The number of aryl methyl sites for hydroxylation is 1. The third kappa shape index (κ3) is 3.04. The lowest BCUT2D eigenvalue weighted by molar-refractivity contribution is 0.406. The van der Waals surface area contributed by atoms with Gasteiger partial charge in [-0.25, -0.2) is 12.8 Å². The van der Waals surface area contributed by atoms with Crippen molar-refractivity contribution >= 4 is 10.0 Å². The van der Waals surface area contributed by atoms with Crippen molar-refractivity contribution in [3.63, 3.8) is 0 Å². The van der Waals surface area contributed by atoms with Gasteiger partial charge in [-0.1, -0.05) is 6.07 Å². The van der Waals surface area contributed by atoms with Crippen LogP contribution in [0.5, 0.6) is 0 Å². The zero-order valence-corrected chi connectivity index (χ0v) is 15.5. The molecular formula is C17H22FN5O2S. The standard InChI is InChI=1S/C17H22FN5O2S/c1-12-4-5-13(18)15(11-12)26(24,25)22-8-6-16-20-21-17(23(16)10-9-22)14-3-2-7-19-14/h4-5,11,14,19H,2-3,6-10H2,1H3/t14-/m0/s1. The maximum Gasteiger partial charge on any atom is 0.246 e. The van der Waals surface area contributed by atoms with Gasteiger partial charge in [-0.2, -0.15) is 4.31 Å². The van der Waals surface area contributed by atoms with Crippen LogP contribution in [0.15, 0.2) is 23.1 Å². The minimum absolute atomic E-state index is 0.175. The number of hydrogen-bond acceptors (Lipinski definition) is 5. The molecule has 0 spiro atoms. The van der Waals surface area contributed by atoms with Crippen molar-refractivity contribution in [3.8, 4) is 0 Å². The lowest BCUT2D eigenvalue weighted by Crippen LogP contribution is -2.34. The molecule has 9 heteroatoms. The van der Waals surface area contributed by atoms with Gasteiger partial charge in [-0.05, 0) is 44.0 Å². The van der Waals surface area contributed by atoms with E-state index in [0.29, 0.717) is 18.5 Å². The summed E-state index contributed by atoms with van der Waals surface area (Å²) in [5.41, 5.74) is 0.714. The predicted molar refractivity (Wildman–Crippen MR) is 93.6 cm³/mol. The van der Waals surface area contributed by atoms with Crippen molar-refractivity contribution in [1.29, 1.82) is 0 Å². The van der Waals surface area contributed by atoms with E-state index in [9.17, 15) is 12.8 Å². The molecule has 26 heavy (non-hydrogen) atoms. The normalized spacial score (nSPS) is 21.5. The Hall–Kier alpha value is -1.84. The number of hydrogen-bond donors (Lipinski definition) is 1. The zero-order chi connectivity index (χ0) is 18.3. The SMILES string of the molecule is Cc1ccc(F)c(S(=O)(=O)N2CCc3nnc([C@@H]4CCCN4)n3CC2)c1. The van der Waals surface area contributed by atoms with Gasteiger partial charge in [0.2, 0.25) is 10.0 Å². The topological polar surface area (TPSA) is 80.1 Å². The summed E-state index contributed by atoms with van der Waals surface area (Å²) in [5, 5.41) is 12.0. The first-order chi connectivity index (χ1) is 12.5. The van der Waals surface area contributed by atoms with Crippen molar-refractivity contribution in [3.05, 3.63) is 41.2 Å². The molecule has 1 aromatic carbocycles. The molecule has 0 unspecified atom stereocenters. The summed E-state index contributed by atoms with van der Waals surface area (Å²) in [4.78, 5) is -0.257. The summed E-state index contributed by atoms with van der Waals surface area (Å²) in [5.74, 6) is 0.949. The number of benzene rings is 1. The molecule has 1 atom stereocenters. The summed E-state index contributed by atoms with van der Waals surface area (Å²) in [6.07, 6.45) is 2.57. The van der Waals surface area contributed by atoms with Crippen LogP contribution in [-0.2, 0) is 23.0 Å². The van der Waals surface area contributed by atoms with Gasteiger partial charge in [0.1, 0.15) is 22.4 Å². The molecule has 140 valence electrons. The third-order valence-electron chi connectivity index (χ3n) is 5.09. The van der Waals surface area contributed by atoms with E-state index in [4.69, 9.17) is 0 Å². The fourth-order valence-corrected chi connectivity index (χ4v) is 5.26. The van der Waals surface area contributed by atoms with E-state index in [-0.39, 0.29) is 24.0 Å². The zero-order valence-electron chi connectivity index (χ0n) is 14.7. The maximum atomic E-state index is 14.2. The van der Waals surface area contributed by atoms with Crippen LogP contribution < -0.4 is 5.32 Å². The summed E-state index contributed by atoms with van der Waals surface area (Å²) in [6.45, 7) is 3.73. The number of fused-ring (bicyclic) bond motifs is 1. The van der Waals surface area contributed by atoms with E-state index in [0.717, 1.165) is 31.0 Å². The fraction of sp³-hybridized carbons (Fsp3) is 0.529. The van der Waals surface area contributed by atoms with Crippen molar-refractivity contribution in [2.75, 3.05) is 19.6 Å². The number of aromatic nitrogens is 3. The Bertz CT molecular complexity index is 921. The molecule has 0 aliphatic carbocycles. The first kappa shape index (κ1) is 17.6. The second kappa shape index (κ2) is 6.71. The Morgan fingerprint density at radius 2 is 2.08 bits per heavy atom. The Morgan fingerprint density at radius 1 is 1.23 bits per heavy atom. The van der Waals surface area contributed by atoms with Crippen LogP contribution in [0.25, 0.3) is 0 Å². The molecular weight excluding hydrogens is 357 g/mol. The predicted octanol–water partition coefficient (Wildman–Crippen LogP) is 1.40. The molecule has 1 fully saturated rings. The monoisotopic (exact) mass is 379 g/mol. The number of sulfonamides is 1. The van der Waals surface area contributed by atoms with Gasteiger partial charge in [-0.15, -0.1) is 10.2 Å². The Labute approximate surface area is 152 Å². The van der Waals surface area contributed by atoms with E-state index >= 15 is 0 Å². The lowest BCUT2D eigenvalue weighted by atomic mass is 10.2. The van der Waals surface area contributed by atoms with Gasteiger partial charge in [0.05, 0.1) is 6.04 Å². The van der Waals surface area contributed by atoms with Gasteiger partial charge in [-0.3, -0.25) is 0 Å². The number of rotatable bonds is 3. The molecule has 2 aromatic rings. The van der Waals surface area contributed by atoms with Gasteiger partial charge in [0.25, 0.3) is 0 Å². The second-order valence-electron chi connectivity index (χ2n) is 6.86. The van der Waals surface area contributed by atoms with Gasteiger partial charge in [0, 0.05) is 26.1 Å². The highest BCUT2D eigenvalue weighted by Crippen LogP contribution is 2.26. The van der Waals surface area contributed by atoms with Crippen LogP contribution >= 0.6 is 0 Å². The van der Waals surface area contributed by atoms with Crippen LogP contribution in [0.2, 0.25) is 0 Å². The molecule has 1 N–H and O–H groups in total. The summed E-state index contributed by atoms with van der Waals surface area (Å²) < 4.78 is 43.4. The highest BCUT2D eigenvalue weighted by atomic mass is 32.2. The third-order valence-corrected chi connectivity index (χ3v) is 7.00. The Balaban J connectivity index is 1.60. The van der Waals surface area contributed by atoms with Crippen molar-refractivity contribution < 1.29 is 12.8 Å². The van der Waals surface area contributed by atoms with Crippen LogP contribution in [-0.4, -0.2) is 47.1 Å². The number of nitrogens with one attached hydrogen (secondary N) is 1. The molecule has 3 heterocycles. The first-order valence-corrected chi connectivity index (χ1v) is 10.3. The minimum atomic E-state index is -3.88. The van der Waals surface area contributed by atoms with E-state index in [1.165, 1.54) is 16.4 Å². The van der Waals surface area contributed by atoms with Crippen molar-refractivity contribution in [1.82, 2.24) is 24.4 Å². The molecule has 4 rings (SSSR count). The van der Waals surface area contributed by atoms with Crippen molar-refractivity contribution in [2.24, 2.45) is 0 Å². The molecule has 1 saturated heterocycles. The average Bonchev–Trinajstić information content (AvgIpc) is 3.22. The fourth-order valence-electron chi connectivity index (χ4n) is 3.68. The highest BCUT2D eigenvalue weighted by Gasteiger charge is 2.32. The molecule has 2 aliphatic rings. The van der Waals surface area contributed by atoms with Gasteiger partial charge >= 0.3 is 0 Å². The summed E-state index contributed by atoms with van der Waals surface area (Å²) in [7, 11) is -3.88. The molecule has 0 saturated carbocycles. The van der Waals surface area contributed by atoms with E-state index < -0.39 is 15.8 Å². The second-order valence-corrected chi connectivity index (χ2v) is 8.77. The van der Waals surface area contributed by atoms with Crippen LogP contribution in [0.1, 0.15) is 36.1 Å². The first-order valence-electron chi connectivity index (χ1n) is 8.88.